The maximum Gasteiger partial charge on any atom is 0.327 e. The Hall–Kier alpha value is -5.12. The molecule has 1 saturated carbocycles. The molecule has 3 N–H and O–H groups in total. The molecule has 2 amide bonds. The summed E-state index contributed by atoms with van der Waals surface area (Å²) >= 11 is 0. The molecule has 0 unspecified atom stereocenters. The van der Waals surface area contributed by atoms with Gasteiger partial charge >= 0.3 is 11.9 Å². The monoisotopic (exact) mass is 811 g/mol. The third kappa shape index (κ3) is 8.92. The Morgan fingerprint density at radius 1 is 1.00 bits per heavy atom. The number of carbonyl (C=O) groups excluding carboxylic acids is 4. The number of phenolic OH excluding ortho intramolecular Hbond substituents is 1. The first-order valence-corrected chi connectivity index (χ1v) is 20.1. The van der Waals surface area contributed by atoms with Crippen molar-refractivity contribution in [2.75, 3.05) is 20.4 Å². The highest BCUT2D eigenvalue weighted by atomic mass is 16.8. The van der Waals surface area contributed by atoms with E-state index in [9.17, 15) is 24.6 Å². The Balaban J connectivity index is 1.18. The number of aliphatic hydroxyl groups is 1. The second-order valence-electron chi connectivity index (χ2n) is 16.7. The van der Waals surface area contributed by atoms with E-state index in [1.54, 1.807) is 40.0 Å². The first-order valence-electron chi connectivity index (χ1n) is 20.1. The van der Waals surface area contributed by atoms with Gasteiger partial charge in [0.2, 0.25) is 11.8 Å². The number of hydrogen-bond acceptors (Lipinski definition) is 12. The van der Waals surface area contributed by atoms with Crippen LogP contribution in [0.15, 0.2) is 84.9 Å². The highest BCUT2D eigenvalue weighted by Gasteiger charge is 2.75. The number of nitrogens with zero attached hydrogens (tertiary/aromatic N) is 2. The lowest BCUT2D eigenvalue weighted by Crippen LogP contribution is -2.70. The predicted molar refractivity (Wildman–Crippen MR) is 214 cm³/mol. The Labute approximate surface area is 344 Å². The number of nitrogens with one attached hydrogen (secondary N) is 1. The van der Waals surface area contributed by atoms with Gasteiger partial charge in [-0.05, 0) is 61.9 Å². The number of rotatable bonds is 15. The van der Waals surface area contributed by atoms with Crippen molar-refractivity contribution in [3.8, 4) is 5.75 Å². The molecule has 14 nitrogen and oxygen atoms in total. The van der Waals surface area contributed by atoms with Crippen LogP contribution in [0.25, 0.3) is 6.08 Å². The third-order valence-corrected chi connectivity index (χ3v) is 11.5. The third-order valence-electron chi connectivity index (χ3n) is 11.5. The normalized spacial score (nSPS) is 25.8. The lowest BCUT2D eigenvalue weighted by atomic mass is 9.62. The van der Waals surface area contributed by atoms with Gasteiger partial charge in [-0.3, -0.25) is 24.0 Å². The average Bonchev–Trinajstić information content (AvgIpc) is 3.84. The number of likely N-dealkylation sites (N-methyl/N-ethyl adjacent to an activating group) is 1. The van der Waals surface area contributed by atoms with Crippen LogP contribution in [0.1, 0.15) is 62.3 Å². The van der Waals surface area contributed by atoms with Crippen LogP contribution >= 0.6 is 0 Å². The molecule has 314 valence electrons. The smallest absolute Gasteiger partial charge is 0.327 e. The van der Waals surface area contributed by atoms with E-state index in [-0.39, 0.29) is 44.8 Å². The van der Waals surface area contributed by atoms with Crippen molar-refractivity contribution >= 4 is 29.8 Å². The fourth-order valence-electron chi connectivity index (χ4n) is 8.72. The molecule has 8 atom stereocenters. The van der Waals surface area contributed by atoms with E-state index in [4.69, 9.17) is 23.8 Å². The van der Waals surface area contributed by atoms with Crippen molar-refractivity contribution < 1.29 is 53.2 Å². The minimum absolute atomic E-state index is 0.0375. The summed E-state index contributed by atoms with van der Waals surface area (Å²) in [6.07, 6.45) is 1.51. The second-order valence-corrected chi connectivity index (χ2v) is 16.7. The zero-order valence-electron chi connectivity index (χ0n) is 33.8. The minimum atomic E-state index is -1.53. The van der Waals surface area contributed by atoms with E-state index >= 15 is 4.79 Å². The number of phenols is 1. The fraction of sp³-hybridized carbons (Fsp3) is 0.467. The lowest BCUT2D eigenvalue weighted by Gasteiger charge is -2.50. The number of aliphatic hydroxyl groups excluding tert-OH is 1. The molecule has 4 fully saturated rings. The summed E-state index contributed by atoms with van der Waals surface area (Å²) < 4.78 is 23.4. The zero-order valence-corrected chi connectivity index (χ0v) is 33.8. The van der Waals surface area contributed by atoms with Gasteiger partial charge in [0.15, 0.2) is 6.04 Å². The number of hydrogen-bond donors (Lipinski definition) is 3. The molecule has 59 heavy (non-hydrogen) atoms. The Morgan fingerprint density at radius 3 is 2.42 bits per heavy atom. The summed E-state index contributed by atoms with van der Waals surface area (Å²) in [7, 11) is 1.54. The van der Waals surface area contributed by atoms with Crippen molar-refractivity contribution in [1.82, 2.24) is 15.3 Å². The van der Waals surface area contributed by atoms with Crippen LogP contribution in [0.2, 0.25) is 0 Å². The molecule has 3 aliphatic heterocycles. The molecule has 3 aromatic rings. The fourth-order valence-corrected chi connectivity index (χ4v) is 8.72. The van der Waals surface area contributed by atoms with E-state index in [1.165, 1.54) is 9.96 Å². The van der Waals surface area contributed by atoms with Gasteiger partial charge < -0.3 is 39.4 Å². The van der Waals surface area contributed by atoms with Gasteiger partial charge in [0, 0.05) is 26.3 Å². The predicted octanol–water partition coefficient (Wildman–Crippen LogP) is 3.86. The highest BCUT2D eigenvalue weighted by molar-refractivity contribution is 5.96. The van der Waals surface area contributed by atoms with Crippen LogP contribution in [0.5, 0.6) is 5.75 Å². The van der Waals surface area contributed by atoms with E-state index in [2.05, 4.69) is 5.32 Å². The number of fused-ring (bicyclic) bond motifs is 4. The summed E-state index contributed by atoms with van der Waals surface area (Å²) in [5, 5.41) is 24.9. The molecule has 0 aromatic heterocycles. The van der Waals surface area contributed by atoms with E-state index in [0.29, 0.717) is 6.42 Å². The van der Waals surface area contributed by atoms with Crippen LogP contribution in [-0.4, -0.2) is 113 Å². The first-order chi connectivity index (χ1) is 28.3. The maximum absolute atomic E-state index is 15.4. The number of allylic oxidation sites excluding steroid dienone is 1. The van der Waals surface area contributed by atoms with Gasteiger partial charge in [0.25, 0.3) is 0 Å². The van der Waals surface area contributed by atoms with E-state index in [1.807, 2.05) is 78.9 Å². The number of para-hydroxylation sites is 1. The summed E-state index contributed by atoms with van der Waals surface area (Å²) in [5.41, 5.74) is 1.01. The Kier molecular flexibility index (Phi) is 12.5. The van der Waals surface area contributed by atoms with Gasteiger partial charge in [0.05, 0.1) is 19.2 Å². The van der Waals surface area contributed by atoms with Crippen molar-refractivity contribution in [3.05, 3.63) is 107 Å². The van der Waals surface area contributed by atoms with Gasteiger partial charge in [-0.2, -0.15) is 5.06 Å². The number of esters is 2. The number of carbonyl (C=O) groups is 4. The standard InChI is InChI=1S/C45H53N3O11/c1-44(2,3)58-36(51)22-21-32(26-49)46-41(52)33(23-28-13-6-5-7-14-28)47(4)43(54)45-24-35-37-38(56-27-55-37)40(45)59-48(39(45)42(53)57-35)25-31-17-9-8-15-29(31)18-12-19-30-16-10-11-20-34(30)50/h5-18,20,32-33,35,37-40,49-50H,19,21-27H2,1-4H3,(H,46,52)/t32-,33+,35+,37-,38-,39-,40+,45-/m0/s1. The van der Waals surface area contributed by atoms with Crippen LogP contribution in [0.4, 0.5) is 0 Å². The van der Waals surface area contributed by atoms with Crippen molar-refractivity contribution in [3.63, 3.8) is 0 Å². The molecule has 0 radical (unpaired) electrons. The molecule has 1 aliphatic carbocycles. The maximum atomic E-state index is 15.4. The lowest BCUT2D eigenvalue weighted by molar-refractivity contribution is -0.204. The highest BCUT2D eigenvalue weighted by Crippen LogP contribution is 2.56. The van der Waals surface area contributed by atoms with Gasteiger partial charge in [-0.25, -0.2) is 0 Å². The Morgan fingerprint density at radius 2 is 1.69 bits per heavy atom. The van der Waals surface area contributed by atoms with E-state index < -0.39 is 83.9 Å². The molecule has 0 spiro atoms. The molecular formula is C45H53N3O11. The zero-order chi connectivity index (χ0) is 41.9. The SMILES string of the molecule is CN(C(=O)[C@@]12C[C@H]3OC(=O)[C@@H]1N(Cc1ccccc1C=CCc1ccccc1O)O[C@@H]2[C@H]1OCO[C@H]13)[C@H](Cc1ccccc1)C(=O)N[C@H](CO)CCC(=O)OC(C)(C)C. The largest absolute Gasteiger partial charge is 0.508 e. The summed E-state index contributed by atoms with van der Waals surface area (Å²) in [4.78, 5) is 64.5. The molecule has 3 heterocycles. The topological polar surface area (TPSA) is 173 Å². The molecular weight excluding hydrogens is 759 g/mol. The number of ether oxygens (including phenoxy) is 4. The molecule has 4 aliphatic rings. The van der Waals surface area contributed by atoms with Gasteiger partial charge in [-0.1, -0.05) is 84.9 Å². The average molecular weight is 812 g/mol. The molecule has 7 rings (SSSR count). The number of hydroxylamine groups is 2. The number of benzene rings is 3. The first kappa shape index (κ1) is 42.0. The molecule has 3 aromatic carbocycles. The Bertz CT molecular complexity index is 2040. The van der Waals surface area contributed by atoms with Crippen LogP contribution in [-0.2, 0) is 62.3 Å². The second kappa shape index (κ2) is 17.6. The number of aromatic hydroxyl groups is 1. The van der Waals surface area contributed by atoms with Gasteiger partial charge in [0.1, 0.15) is 54.0 Å². The summed E-state index contributed by atoms with van der Waals surface area (Å²) in [6, 6.07) is 20.9. The minimum Gasteiger partial charge on any atom is -0.508 e. The molecule has 3 saturated heterocycles. The van der Waals surface area contributed by atoms with Crippen LogP contribution < -0.4 is 5.32 Å². The van der Waals surface area contributed by atoms with E-state index in [0.717, 1.165) is 22.3 Å². The van der Waals surface area contributed by atoms with Crippen molar-refractivity contribution in [2.24, 2.45) is 5.41 Å². The number of amides is 2. The molecule has 2 bridgehead atoms. The van der Waals surface area contributed by atoms with Crippen molar-refractivity contribution in [2.45, 2.75) is 108 Å². The van der Waals surface area contributed by atoms with Gasteiger partial charge in [-0.15, -0.1) is 0 Å². The summed E-state index contributed by atoms with van der Waals surface area (Å²) in [5.74, 6) is -1.93. The molecule has 14 heteroatoms. The quantitative estimate of drug-likeness (QED) is 0.190. The van der Waals surface area contributed by atoms with Crippen molar-refractivity contribution in [1.29, 1.82) is 0 Å². The van der Waals surface area contributed by atoms with Crippen LogP contribution in [0.3, 0.4) is 0 Å². The summed E-state index contributed by atoms with van der Waals surface area (Å²) in [6.45, 7) is 4.89. The van der Waals surface area contributed by atoms with Crippen LogP contribution in [0, 0.1) is 5.41 Å².